The topological polar surface area (TPSA) is 95.9 Å². The molecule has 0 saturated heterocycles. The smallest absolute Gasteiger partial charge is 0.305 e. The van der Waals surface area contributed by atoms with Crippen molar-refractivity contribution in [2.75, 3.05) is 13.2 Å². The molecule has 514 valence electrons. The van der Waals surface area contributed by atoms with E-state index in [2.05, 4.69) is 43.5 Å². The average molecular weight is 1220 g/mol. The van der Waals surface area contributed by atoms with E-state index in [1.807, 2.05) is 6.08 Å². The van der Waals surface area contributed by atoms with Crippen LogP contribution in [-0.2, 0) is 14.3 Å². The molecule has 2 unspecified atom stereocenters. The molecular weight excluding hydrogens is 1070 g/mol. The van der Waals surface area contributed by atoms with E-state index in [1.54, 1.807) is 6.08 Å². The first-order valence-electron chi connectivity index (χ1n) is 39.8. The molecule has 0 aromatic heterocycles. The minimum Gasteiger partial charge on any atom is -0.466 e. The van der Waals surface area contributed by atoms with Crippen molar-refractivity contribution < 1.29 is 24.5 Å². The van der Waals surface area contributed by atoms with Crippen LogP contribution in [0.15, 0.2) is 36.5 Å². The van der Waals surface area contributed by atoms with Gasteiger partial charge in [-0.15, -0.1) is 0 Å². The number of rotatable bonds is 75. The van der Waals surface area contributed by atoms with E-state index in [1.165, 1.54) is 379 Å². The molecule has 0 aromatic rings. The summed E-state index contributed by atoms with van der Waals surface area (Å²) in [6, 6.07) is -0.625. The van der Waals surface area contributed by atoms with Crippen LogP contribution in [0.4, 0.5) is 0 Å². The summed E-state index contributed by atoms with van der Waals surface area (Å²) < 4.78 is 5.51. The zero-order valence-electron chi connectivity index (χ0n) is 59.0. The summed E-state index contributed by atoms with van der Waals surface area (Å²) in [5.41, 5.74) is 0. The Bertz CT molecular complexity index is 1410. The molecule has 0 bridgehead atoms. The van der Waals surface area contributed by atoms with Crippen LogP contribution in [0.3, 0.4) is 0 Å². The molecule has 0 spiro atoms. The zero-order chi connectivity index (χ0) is 62.8. The number of hydrogen-bond donors (Lipinski definition) is 3. The Balaban J connectivity index is 3.33. The van der Waals surface area contributed by atoms with Gasteiger partial charge in [-0.3, -0.25) is 9.59 Å². The van der Waals surface area contributed by atoms with E-state index >= 15 is 0 Å². The summed E-state index contributed by atoms with van der Waals surface area (Å²) in [4.78, 5) is 24.6. The van der Waals surface area contributed by atoms with Crippen LogP contribution >= 0.6 is 0 Å². The number of ether oxygens (including phenoxy) is 1. The van der Waals surface area contributed by atoms with Gasteiger partial charge in [-0.1, -0.05) is 384 Å². The SMILES string of the molecule is CCCCCCCCC/C=C\CCCCCCCCCC(=O)OCCCCCCCCCCCCCCCCCC/C=C\CCCCCCCCCCCCCCCCCCCC(=O)NC(CO)C(O)/C=C/CCCCCCCCCCCCCCC. The Kier molecular flexibility index (Phi) is 74.8. The largest absolute Gasteiger partial charge is 0.466 e. The molecule has 0 rings (SSSR count). The monoisotopic (exact) mass is 1220 g/mol. The molecule has 0 radical (unpaired) electrons. The van der Waals surface area contributed by atoms with E-state index in [9.17, 15) is 19.8 Å². The third-order valence-corrected chi connectivity index (χ3v) is 18.6. The van der Waals surface area contributed by atoms with Crippen LogP contribution in [0.25, 0.3) is 0 Å². The van der Waals surface area contributed by atoms with Gasteiger partial charge >= 0.3 is 5.97 Å². The van der Waals surface area contributed by atoms with Gasteiger partial charge in [-0.2, -0.15) is 0 Å². The van der Waals surface area contributed by atoms with Gasteiger partial charge in [0.1, 0.15) is 0 Å². The molecule has 2 atom stereocenters. The predicted octanol–water partition coefficient (Wildman–Crippen LogP) is 26.2. The van der Waals surface area contributed by atoms with Crippen molar-refractivity contribution in [1.82, 2.24) is 5.32 Å². The highest BCUT2D eigenvalue weighted by molar-refractivity contribution is 5.76. The van der Waals surface area contributed by atoms with Crippen molar-refractivity contribution in [3.63, 3.8) is 0 Å². The molecule has 0 saturated carbocycles. The molecule has 6 heteroatoms. The van der Waals surface area contributed by atoms with Gasteiger partial charge in [0.25, 0.3) is 0 Å². The van der Waals surface area contributed by atoms with Crippen LogP contribution in [0.1, 0.15) is 444 Å². The van der Waals surface area contributed by atoms with Gasteiger partial charge in [-0.25, -0.2) is 0 Å². The fourth-order valence-electron chi connectivity index (χ4n) is 12.6. The standard InChI is InChI=1S/C81H155NO5/c1-3-5-7-9-11-13-15-17-19-20-43-47-51-55-59-63-67-71-75-81(86)87-76-72-68-64-60-56-52-48-44-41-39-37-35-33-31-29-27-25-23-21-22-24-26-28-30-32-34-36-38-40-42-46-50-54-58-62-66-70-74-80(85)82-78(77-83)79(84)73-69-65-61-57-53-49-45-18-16-14-12-10-8-6-4-2/h19-21,23,69,73,78-79,83-84H,3-18,22,24-68,70-72,74-77H2,1-2H3,(H,82,85)/b20-19-,23-21-,73-69+. The minimum atomic E-state index is -0.841. The average Bonchev–Trinajstić information content (AvgIpc) is 3.56. The van der Waals surface area contributed by atoms with Crippen molar-refractivity contribution in [3.8, 4) is 0 Å². The first kappa shape index (κ1) is 85.1. The highest BCUT2D eigenvalue weighted by atomic mass is 16.5. The van der Waals surface area contributed by atoms with Crippen LogP contribution in [0.2, 0.25) is 0 Å². The van der Waals surface area contributed by atoms with Crippen molar-refractivity contribution in [2.45, 2.75) is 456 Å². The molecule has 1 amide bonds. The van der Waals surface area contributed by atoms with E-state index in [0.717, 1.165) is 38.5 Å². The number of nitrogens with one attached hydrogen (secondary N) is 1. The normalized spacial score (nSPS) is 12.6. The zero-order valence-corrected chi connectivity index (χ0v) is 59.0. The number of hydrogen-bond acceptors (Lipinski definition) is 5. The highest BCUT2D eigenvalue weighted by Crippen LogP contribution is 2.19. The maximum absolute atomic E-state index is 12.5. The number of carbonyl (C=O) groups excluding carboxylic acids is 2. The van der Waals surface area contributed by atoms with Crippen molar-refractivity contribution in [3.05, 3.63) is 36.5 Å². The fraction of sp³-hybridized carbons (Fsp3) is 0.901. The number of carbonyl (C=O) groups is 2. The number of amides is 1. The van der Waals surface area contributed by atoms with Crippen LogP contribution in [0, 0.1) is 0 Å². The lowest BCUT2D eigenvalue weighted by Gasteiger charge is -2.20. The second-order valence-corrected chi connectivity index (χ2v) is 27.4. The number of allylic oxidation sites excluding steroid dienone is 5. The number of esters is 1. The van der Waals surface area contributed by atoms with Gasteiger partial charge in [0.15, 0.2) is 0 Å². The maximum atomic E-state index is 12.5. The third-order valence-electron chi connectivity index (χ3n) is 18.6. The van der Waals surface area contributed by atoms with Gasteiger partial charge in [0.2, 0.25) is 5.91 Å². The van der Waals surface area contributed by atoms with Gasteiger partial charge in [-0.05, 0) is 83.5 Å². The van der Waals surface area contributed by atoms with E-state index in [0.29, 0.717) is 19.4 Å². The Morgan fingerprint density at radius 1 is 0.310 bits per heavy atom. The van der Waals surface area contributed by atoms with Crippen LogP contribution in [0.5, 0.6) is 0 Å². The second kappa shape index (κ2) is 76.5. The summed E-state index contributed by atoms with van der Waals surface area (Å²) in [7, 11) is 0. The molecule has 87 heavy (non-hydrogen) atoms. The molecular formula is C81H155NO5. The van der Waals surface area contributed by atoms with Crippen molar-refractivity contribution in [2.24, 2.45) is 0 Å². The van der Waals surface area contributed by atoms with E-state index < -0.39 is 12.1 Å². The maximum Gasteiger partial charge on any atom is 0.305 e. The lowest BCUT2D eigenvalue weighted by molar-refractivity contribution is -0.143. The Morgan fingerprint density at radius 2 is 0.540 bits per heavy atom. The summed E-state index contributed by atoms with van der Waals surface area (Å²) in [6.07, 6.45) is 99.9. The van der Waals surface area contributed by atoms with E-state index in [-0.39, 0.29) is 18.5 Å². The summed E-state index contributed by atoms with van der Waals surface area (Å²) in [6.45, 7) is 4.94. The summed E-state index contributed by atoms with van der Waals surface area (Å²) >= 11 is 0. The fourth-order valence-corrected chi connectivity index (χ4v) is 12.6. The van der Waals surface area contributed by atoms with Gasteiger partial charge in [0.05, 0.1) is 25.4 Å². The number of unbranched alkanes of at least 4 members (excludes halogenated alkanes) is 60. The lowest BCUT2D eigenvalue weighted by atomic mass is 10.0. The molecule has 0 aromatic carbocycles. The number of aliphatic hydroxyl groups excluding tert-OH is 2. The quantitative estimate of drug-likeness (QED) is 0.0320. The summed E-state index contributed by atoms with van der Waals surface area (Å²) in [5.74, 6) is -0.0422. The summed E-state index contributed by atoms with van der Waals surface area (Å²) in [5, 5.41) is 23.2. The molecule has 6 nitrogen and oxygen atoms in total. The highest BCUT2D eigenvalue weighted by Gasteiger charge is 2.18. The predicted molar refractivity (Wildman–Crippen MR) is 384 cm³/mol. The third kappa shape index (κ3) is 73.0. The first-order valence-corrected chi connectivity index (χ1v) is 39.8. The van der Waals surface area contributed by atoms with Crippen molar-refractivity contribution >= 4 is 11.9 Å². The first-order chi connectivity index (χ1) is 43.0. The van der Waals surface area contributed by atoms with E-state index in [4.69, 9.17) is 4.74 Å². The van der Waals surface area contributed by atoms with Crippen molar-refractivity contribution in [1.29, 1.82) is 0 Å². The Hall–Kier alpha value is -1.92. The van der Waals surface area contributed by atoms with Crippen LogP contribution in [-0.4, -0.2) is 47.4 Å². The molecule has 0 fully saturated rings. The van der Waals surface area contributed by atoms with Gasteiger partial charge in [0, 0.05) is 12.8 Å². The molecule has 0 heterocycles. The van der Waals surface area contributed by atoms with Gasteiger partial charge < -0.3 is 20.3 Å². The molecule has 0 aliphatic rings. The molecule has 0 aliphatic heterocycles. The Labute approximate surface area is 544 Å². The Morgan fingerprint density at radius 3 is 0.816 bits per heavy atom. The molecule has 0 aliphatic carbocycles. The second-order valence-electron chi connectivity index (χ2n) is 27.4. The lowest BCUT2D eigenvalue weighted by Crippen LogP contribution is -2.45. The molecule has 3 N–H and O–H groups in total. The number of aliphatic hydroxyl groups is 2. The van der Waals surface area contributed by atoms with Crippen LogP contribution < -0.4 is 5.32 Å². The minimum absolute atomic E-state index is 0.0190.